The number of H-pyrrole nitrogens is 1. The Balaban J connectivity index is 2.32. The van der Waals surface area contributed by atoms with Gasteiger partial charge in [0.05, 0.1) is 0 Å². The SMILES string of the molecule is CCc1cc(=O)oc2nc(OCC#CC(C)OC)[nH]c(=O)c12. The summed E-state index contributed by atoms with van der Waals surface area (Å²) in [5, 5.41) is 0.258. The number of nitrogens with zero attached hydrogens (tertiary/aromatic N) is 1. The highest BCUT2D eigenvalue weighted by atomic mass is 16.5. The highest BCUT2D eigenvalue weighted by molar-refractivity contribution is 5.75. The van der Waals surface area contributed by atoms with E-state index in [-0.39, 0.29) is 29.8 Å². The number of fused-ring (bicyclic) bond motifs is 1. The van der Waals surface area contributed by atoms with Crippen LogP contribution in [-0.4, -0.2) is 29.8 Å². The summed E-state index contributed by atoms with van der Waals surface area (Å²) in [6.45, 7) is 3.66. The highest BCUT2D eigenvalue weighted by Gasteiger charge is 2.11. The molecule has 0 aromatic carbocycles. The van der Waals surface area contributed by atoms with Crippen LogP contribution < -0.4 is 15.9 Å². The third-order valence-corrected chi connectivity index (χ3v) is 3.00. The van der Waals surface area contributed by atoms with E-state index in [4.69, 9.17) is 13.9 Å². The molecule has 7 nitrogen and oxygen atoms in total. The Hall–Kier alpha value is -2.59. The second kappa shape index (κ2) is 6.91. The minimum atomic E-state index is -0.554. The van der Waals surface area contributed by atoms with Gasteiger partial charge in [-0.15, -0.1) is 0 Å². The summed E-state index contributed by atoms with van der Waals surface area (Å²) in [5.74, 6) is 5.53. The van der Waals surface area contributed by atoms with Crippen LogP contribution in [0, 0.1) is 11.8 Å². The van der Waals surface area contributed by atoms with E-state index in [1.807, 2.05) is 6.92 Å². The van der Waals surface area contributed by atoms with E-state index >= 15 is 0 Å². The Morgan fingerprint density at radius 1 is 1.45 bits per heavy atom. The molecule has 0 aliphatic rings. The standard InChI is InChI=1S/C15H16N2O5/c1-4-10-8-11(18)22-14-12(10)13(19)16-15(17-14)21-7-5-6-9(2)20-3/h8-9H,4,7H2,1-3H3,(H,16,17,19). The van der Waals surface area contributed by atoms with E-state index in [9.17, 15) is 9.59 Å². The summed E-state index contributed by atoms with van der Waals surface area (Å²) in [6, 6.07) is 1.24. The van der Waals surface area contributed by atoms with Gasteiger partial charge in [0.2, 0.25) is 5.71 Å². The first-order valence-corrected chi connectivity index (χ1v) is 6.76. The number of methoxy groups -OCH3 is 1. The van der Waals surface area contributed by atoms with Crippen molar-refractivity contribution in [2.24, 2.45) is 0 Å². The van der Waals surface area contributed by atoms with E-state index in [1.54, 1.807) is 14.0 Å². The molecule has 0 radical (unpaired) electrons. The Morgan fingerprint density at radius 3 is 2.91 bits per heavy atom. The number of ether oxygens (including phenoxy) is 2. The molecular formula is C15H16N2O5. The molecule has 0 aliphatic heterocycles. The molecule has 2 heterocycles. The Labute approximate surface area is 126 Å². The van der Waals surface area contributed by atoms with Crippen molar-refractivity contribution in [1.82, 2.24) is 9.97 Å². The van der Waals surface area contributed by atoms with Crippen LogP contribution in [0.3, 0.4) is 0 Å². The first kappa shape index (κ1) is 15.8. The molecule has 0 aliphatic carbocycles. The maximum absolute atomic E-state index is 12.1. The number of aryl methyl sites for hydroxylation is 1. The van der Waals surface area contributed by atoms with E-state index in [2.05, 4.69) is 21.8 Å². The fourth-order valence-corrected chi connectivity index (χ4v) is 1.82. The van der Waals surface area contributed by atoms with Crippen LogP contribution in [0.25, 0.3) is 11.1 Å². The van der Waals surface area contributed by atoms with Gasteiger partial charge in [-0.2, -0.15) is 4.98 Å². The maximum atomic E-state index is 12.1. The van der Waals surface area contributed by atoms with Gasteiger partial charge >= 0.3 is 11.6 Å². The topological polar surface area (TPSA) is 94.4 Å². The fourth-order valence-electron chi connectivity index (χ4n) is 1.82. The minimum Gasteiger partial charge on any atom is -0.451 e. The quantitative estimate of drug-likeness (QED) is 0.842. The van der Waals surface area contributed by atoms with Gasteiger partial charge in [-0.3, -0.25) is 9.78 Å². The molecule has 1 atom stereocenters. The van der Waals surface area contributed by atoms with Gasteiger partial charge < -0.3 is 13.9 Å². The molecule has 0 spiro atoms. The number of nitrogens with one attached hydrogen (secondary N) is 1. The molecule has 1 N–H and O–H groups in total. The maximum Gasteiger partial charge on any atom is 0.337 e. The lowest BCUT2D eigenvalue weighted by Crippen LogP contribution is -2.15. The van der Waals surface area contributed by atoms with Gasteiger partial charge in [-0.1, -0.05) is 18.8 Å². The van der Waals surface area contributed by atoms with Crippen molar-refractivity contribution in [3.05, 3.63) is 32.4 Å². The van der Waals surface area contributed by atoms with Gasteiger partial charge in [-0.25, -0.2) is 4.79 Å². The first-order valence-electron chi connectivity index (χ1n) is 6.76. The largest absolute Gasteiger partial charge is 0.451 e. The summed E-state index contributed by atoms with van der Waals surface area (Å²) in [7, 11) is 1.55. The lowest BCUT2D eigenvalue weighted by Gasteiger charge is -2.04. The lowest BCUT2D eigenvalue weighted by molar-refractivity contribution is 0.163. The molecule has 1 unspecified atom stereocenters. The van der Waals surface area contributed by atoms with E-state index in [1.165, 1.54) is 6.07 Å². The smallest absolute Gasteiger partial charge is 0.337 e. The summed E-state index contributed by atoms with van der Waals surface area (Å²) in [6.07, 6.45) is 0.310. The van der Waals surface area contributed by atoms with Gasteiger partial charge in [0.1, 0.15) is 11.5 Å². The number of aromatic amines is 1. The molecule has 0 saturated carbocycles. The summed E-state index contributed by atoms with van der Waals surface area (Å²) >= 11 is 0. The van der Waals surface area contributed by atoms with Crippen molar-refractivity contribution in [2.45, 2.75) is 26.4 Å². The van der Waals surface area contributed by atoms with Crippen molar-refractivity contribution in [1.29, 1.82) is 0 Å². The average Bonchev–Trinajstić information content (AvgIpc) is 2.49. The highest BCUT2D eigenvalue weighted by Crippen LogP contribution is 2.13. The number of hydrogen-bond acceptors (Lipinski definition) is 6. The van der Waals surface area contributed by atoms with Crippen LogP contribution in [0.1, 0.15) is 19.4 Å². The molecule has 7 heteroatoms. The summed E-state index contributed by atoms with van der Waals surface area (Å²) in [4.78, 5) is 30.0. The fraction of sp³-hybridized carbons (Fsp3) is 0.400. The Bertz CT molecular complexity index is 841. The van der Waals surface area contributed by atoms with E-state index in [0.717, 1.165) is 0 Å². The van der Waals surface area contributed by atoms with Crippen molar-refractivity contribution in [2.75, 3.05) is 13.7 Å². The van der Waals surface area contributed by atoms with Gasteiger partial charge in [0, 0.05) is 13.2 Å². The predicted octanol–water partition coefficient (Wildman–Crippen LogP) is 0.856. The Morgan fingerprint density at radius 2 is 2.23 bits per heavy atom. The number of aromatic nitrogens is 2. The van der Waals surface area contributed by atoms with E-state index in [0.29, 0.717) is 12.0 Å². The monoisotopic (exact) mass is 304 g/mol. The first-order chi connectivity index (χ1) is 10.5. The molecule has 2 aromatic rings. The zero-order valence-corrected chi connectivity index (χ0v) is 12.6. The molecule has 116 valence electrons. The molecule has 0 fully saturated rings. The van der Waals surface area contributed by atoms with Crippen molar-refractivity contribution in [3.8, 4) is 17.9 Å². The van der Waals surface area contributed by atoms with Crippen LogP contribution in [-0.2, 0) is 11.2 Å². The summed E-state index contributed by atoms with van der Waals surface area (Å²) < 4.78 is 15.2. The number of rotatable bonds is 4. The molecule has 0 amide bonds. The second-order valence-corrected chi connectivity index (χ2v) is 4.48. The van der Waals surface area contributed by atoms with Gasteiger partial charge in [-0.05, 0) is 18.9 Å². The third kappa shape index (κ3) is 3.54. The molecule has 2 aromatic heterocycles. The minimum absolute atomic E-state index is 0.0276. The number of hydrogen-bond donors (Lipinski definition) is 1. The van der Waals surface area contributed by atoms with Gasteiger partial charge in [0.15, 0.2) is 6.61 Å². The molecule has 2 rings (SSSR count). The van der Waals surface area contributed by atoms with Crippen LogP contribution in [0.4, 0.5) is 0 Å². The van der Waals surface area contributed by atoms with Gasteiger partial charge in [0.25, 0.3) is 5.56 Å². The molecule has 22 heavy (non-hydrogen) atoms. The normalized spacial score (nSPS) is 11.8. The lowest BCUT2D eigenvalue weighted by atomic mass is 10.1. The zero-order valence-electron chi connectivity index (χ0n) is 12.6. The molecular weight excluding hydrogens is 288 g/mol. The van der Waals surface area contributed by atoms with Crippen molar-refractivity contribution >= 4 is 11.1 Å². The molecule has 0 bridgehead atoms. The van der Waals surface area contributed by atoms with Crippen LogP contribution in [0.2, 0.25) is 0 Å². The van der Waals surface area contributed by atoms with Crippen molar-refractivity contribution in [3.63, 3.8) is 0 Å². The van der Waals surface area contributed by atoms with Crippen LogP contribution in [0.5, 0.6) is 6.01 Å². The van der Waals surface area contributed by atoms with Crippen LogP contribution in [0.15, 0.2) is 20.1 Å². The zero-order chi connectivity index (χ0) is 16.1. The summed E-state index contributed by atoms with van der Waals surface area (Å²) in [5.41, 5.74) is -0.428. The third-order valence-electron chi connectivity index (χ3n) is 3.00. The van der Waals surface area contributed by atoms with E-state index < -0.39 is 11.2 Å². The van der Waals surface area contributed by atoms with Crippen molar-refractivity contribution < 1.29 is 13.9 Å². The predicted molar refractivity (Wildman–Crippen MR) is 80.0 cm³/mol. The Kier molecular flexibility index (Phi) is 4.96. The second-order valence-electron chi connectivity index (χ2n) is 4.48. The van der Waals surface area contributed by atoms with Crippen LogP contribution >= 0.6 is 0 Å². The molecule has 0 saturated heterocycles. The average molecular weight is 304 g/mol.